The molecule has 156 valence electrons. The van der Waals surface area contributed by atoms with E-state index >= 15 is 0 Å². The molecule has 1 atom stereocenters. The van der Waals surface area contributed by atoms with Crippen molar-refractivity contribution in [2.24, 2.45) is 0 Å². The SMILES string of the molecule is C=C(C(=O)C(=O)N1CCN(C(=O)c2ccccc2)C(CCC)C1)c1cccnc1N. The van der Waals surface area contributed by atoms with Gasteiger partial charge in [0, 0.05) is 48.6 Å². The van der Waals surface area contributed by atoms with Gasteiger partial charge >= 0.3 is 0 Å². The predicted molar refractivity (Wildman–Crippen MR) is 115 cm³/mol. The third kappa shape index (κ3) is 4.40. The highest BCUT2D eigenvalue weighted by atomic mass is 16.2. The number of benzene rings is 1. The maximum Gasteiger partial charge on any atom is 0.295 e. The molecule has 0 radical (unpaired) electrons. The summed E-state index contributed by atoms with van der Waals surface area (Å²) in [5.74, 6) is -1.23. The fraction of sp³-hybridized carbons (Fsp3) is 0.304. The molecule has 1 aromatic carbocycles. The minimum absolute atomic E-state index is 0.0282. The van der Waals surface area contributed by atoms with Crippen molar-refractivity contribution >= 4 is 29.0 Å². The lowest BCUT2D eigenvalue weighted by atomic mass is 10.0. The molecule has 0 aliphatic carbocycles. The normalized spacial score (nSPS) is 16.2. The number of nitrogen functional groups attached to an aromatic ring is 1. The molecule has 2 aromatic rings. The maximum absolute atomic E-state index is 12.9. The number of pyridine rings is 1. The van der Waals surface area contributed by atoms with E-state index in [1.54, 1.807) is 29.2 Å². The first kappa shape index (κ1) is 21.2. The highest BCUT2D eigenvalue weighted by molar-refractivity contribution is 6.53. The van der Waals surface area contributed by atoms with Gasteiger partial charge in [-0.15, -0.1) is 0 Å². The minimum Gasteiger partial charge on any atom is -0.383 e. The zero-order chi connectivity index (χ0) is 21.7. The van der Waals surface area contributed by atoms with E-state index < -0.39 is 11.7 Å². The molecule has 1 aromatic heterocycles. The first-order valence-corrected chi connectivity index (χ1v) is 10.0. The molecule has 1 fully saturated rings. The molecule has 1 aliphatic heterocycles. The van der Waals surface area contributed by atoms with Crippen LogP contribution in [0.1, 0.15) is 35.7 Å². The van der Waals surface area contributed by atoms with Gasteiger partial charge in [0.1, 0.15) is 5.82 Å². The van der Waals surface area contributed by atoms with Crippen molar-refractivity contribution in [3.63, 3.8) is 0 Å². The molecule has 7 nitrogen and oxygen atoms in total. The summed E-state index contributed by atoms with van der Waals surface area (Å²) in [6.07, 6.45) is 3.11. The summed E-state index contributed by atoms with van der Waals surface area (Å²) in [5.41, 5.74) is 6.82. The Morgan fingerprint density at radius 3 is 2.53 bits per heavy atom. The summed E-state index contributed by atoms with van der Waals surface area (Å²) >= 11 is 0. The van der Waals surface area contributed by atoms with Crippen LogP contribution in [0.3, 0.4) is 0 Å². The Bertz CT molecular complexity index is 958. The average molecular weight is 406 g/mol. The van der Waals surface area contributed by atoms with Crippen LogP contribution in [0.4, 0.5) is 5.82 Å². The topological polar surface area (TPSA) is 96.6 Å². The Labute approximate surface area is 176 Å². The molecule has 3 rings (SSSR count). The number of hydrogen-bond acceptors (Lipinski definition) is 5. The standard InChI is InChI=1S/C23H26N4O3/c1-3-8-18-15-26(13-14-27(18)22(29)17-9-5-4-6-10-17)23(30)20(28)16(2)19-11-7-12-25-21(19)24/h4-7,9-12,18H,2-3,8,13-15H2,1H3,(H2,24,25). The van der Waals surface area contributed by atoms with Crippen LogP contribution in [0.2, 0.25) is 0 Å². The van der Waals surface area contributed by atoms with E-state index in [1.165, 1.54) is 11.1 Å². The Balaban J connectivity index is 1.73. The van der Waals surface area contributed by atoms with Crippen LogP contribution in [-0.2, 0) is 9.59 Å². The molecule has 7 heteroatoms. The van der Waals surface area contributed by atoms with Gasteiger partial charge in [-0.2, -0.15) is 0 Å². The number of ketones is 1. The predicted octanol–water partition coefficient (Wildman–Crippen LogP) is 2.40. The van der Waals surface area contributed by atoms with Crippen molar-refractivity contribution in [1.82, 2.24) is 14.8 Å². The lowest BCUT2D eigenvalue weighted by molar-refractivity contribution is -0.143. The first-order valence-electron chi connectivity index (χ1n) is 10.0. The third-order valence-electron chi connectivity index (χ3n) is 5.31. The number of nitrogens with two attached hydrogens (primary N) is 1. The molecule has 0 spiro atoms. The molecule has 2 heterocycles. The van der Waals surface area contributed by atoms with Gasteiger partial charge in [-0.3, -0.25) is 14.4 Å². The van der Waals surface area contributed by atoms with Crippen molar-refractivity contribution in [2.75, 3.05) is 25.4 Å². The second-order valence-corrected chi connectivity index (χ2v) is 7.30. The quantitative estimate of drug-likeness (QED) is 0.587. The van der Waals surface area contributed by atoms with Crippen LogP contribution in [0.15, 0.2) is 55.2 Å². The van der Waals surface area contributed by atoms with E-state index in [9.17, 15) is 14.4 Å². The molecule has 1 aliphatic rings. The number of rotatable bonds is 6. The fourth-order valence-electron chi connectivity index (χ4n) is 3.70. The number of hydrogen-bond donors (Lipinski definition) is 1. The number of nitrogens with zero attached hydrogens (tertiary/aromatic N) is 3. The second kappa shape index (κ2) is 9.35. The Kier molecular flexibility index (Phi) is 6.61. The van der Waals surface area contributed by atoms with Crippen LogP contribution < -0.4 is 5.73 Å². The number of amides is 2. The van der Waals surface area contributed by atoms with Gasteiger partial charge in [-0.25, -0.2) is 4.98 Å². The molecule has 0 saturated carbocycles. The van der Waals surface area contributed by atoms with Crippen molar-refractivity contribution in [1.29, 1.82) is 0 Å². The third-order valence-corrected chi connectivity index (χ3v) is 5.31. The Morgan fingerprint density at radius 1 is 1.13 bits per heavy atom. The highest BCUT2D eigenvalue weighted by Crippen LogP contribution is 2.22. The van der Waals surface area contributed by atoms with Gasteiger partial charge in [0.15, 0.2) is 0 Å². The fourth-order valence-corrected chi connectivity index (χ4v) is 3.70. The van der Waals surface area contributed by atoms with Crippen LogP contribution in [0.25, 0.3) is 5.57 Å². The van der Waals surface area contributed by atoms with Gasteiger partial charge in [-0.05, 0) is 30.7 Å². The van der Waals surface area contributed by atoms with Crippen molar-refractivity contribution in [3.8, 4) is 0 Å². The number of Topliss-reactive ketones (excluding diaryl/α,β-unsaturated/α-hetero) is 1. The van der Waals surface area contributed by atoms with Gasteiger partial charge in [0.25, 0.3) is 17.6 Å². The summed E-state index contributed by atoms with van der Waals surface area (Å²) in [7, 11) is 0. The van der Waals surface area contributed by atoms with E-state index in [4.69, 9.17) is 5.73 Å². The number of aromatic nitrogens is 1. The van der Waals surface area contributed by atoms with E-state index in [0.717, 1.165) is 12.8 Å². The van der Waals surface area contributed by atoms with E-state index in [0.29, 0.717) is 30.8 Å². The molecule has 2 N–H and O–H groups in total. The zero-order valence-corrected chi connectivity index (χ0v) is 17.1. The lowest BCUT2D eigenvalue weighted by Crippen LogP contribution is -2.57. The summed E-state index contributed by atoms with van der Waals surface area (Å²) in [4.78, 5) is 45.8. The summed E-state index contributed by atoms with van der Waals surface area (Å²) in [5, 5.41) is 0. The Hall–Kier alpha value is -3.48. The monoisotopic (exact) mass is 406 g/mol. The molecule has 1 unspecified atom stereocenters. The molecule has 1 saturated heterocycles. The second-order valence-electron chi connectivity index (χ2n) is 7.30. The molecular formula is C23H26N4O3. The maximum atomic E-state index is 12.9. The minimum atomic E-state index is -0.701. The largest absolute Gasteiger partial charge is 0.383 e. The van der Waals surface area contributed by atoms with Gasteiger partial charge < -0.3 is 15.5 Å². The molecule has 30 heavy (non-hydrogen) atoms. The number of anilines is 1. The number of carbonyl (C=O) groups is 3. The summed E-state index contributed by atoms with van der Waals surface area (Å²) in [6.45, 7) is 6.77. The highest BCUT2D eigenvalue weighted by Gasteiger charge is 2.35. The van der Waals surface area contributed by atoms with Crippen molar-refractivity contribution in [2.45, 2.75) is 25.8 Å². The first-order chi connectivity index (χ1) is 14.4. The van der Waals surface area contributed by atoms with Gasteiger partial charge in [0.05, 0.1) is 0 Å². The Morgan fingerprint density at radius 2 is 1.87 bits per heavy atom. The summed E-state index contributed by atoms with van der Waals surface area (Å²) < 4.78 is 0. The van der Waals surface area contributed by atoms with Crippen LogP contribution in [0.5, 0.6) is 0 Å². The van der Waals surface area contributed by atoms with Crippen molar-refractivity contribution < 1.29 is 14.4 Å². The van der Waals surface area contributed by atoms with Crippen LogP contribution >= 0.6 is 0 Å². The number of carbonyl (C=O) groups excluding carboxylic acids is 3. The van der Waals surface area contributed by atoms with E-state index in [2.05, 4.69) is 11.6 Å². The summed E-state index contributed by atoms with van der Waals surface area (Å²) in [6, 6.07) is 12.2. The van der Waals surface area contributed by atoms with Crippen LogP contribution in [0, 0.1) is 0 Å². The molecule has 2 amide bonds. The zero-order valence-electron chi connectivity index (χ0n) is 17.1. The lowest BCUT2D eigenvalue weighted by Gasteiger charge is -2.41. The molecular weight excluding hydrogens is 380 g/mol. The molecule has 0 bridgehead atoms. The number of piperazine rings is 1. The van der Waals surface area contributed by atoms with Crippen molar-refractivity contribution in [3.05, 3.63) is 66.4 Å². The van der Waals surface area contributed by atoms with Gasteiger partial charge in [0.2, 0.25) is 0 Å². The average Bonchev–Trinajstić information content (AvgIpc) is 2.78. The van der Waals surface area contributed by atoms with E-state index in [-0.39, 0.29) is 23.3 Å². The smallest absolute Gasteiger partial charge is 0.295 e. The van der Waals surface area contributed by atoms with Gasteiger partial charge in [-0.1, -0.05) is 38.1 Å². The van der Waals surface area contributed by atoms with E-state index in [1.807, 2.05) is 25.1 Å². The van der Waals surface area contributed by atoms with Crippen LogP contribution in [-0.4, -0.2) is 58.1 Å².